The van der Waals surface area contributed by atoms with Crippen molar-refractivity contribution in [3.8, 4) is 0 Å². The van der Waals surface area contributed by atoms with E-state index in [0.29, 0.717) is 0 Å². The number of rotatable bonds is 3. The number of aliphatic hydroxyl groups is 3. The molecule has 0 aromatic heterocycles. The fraction of sp³-hybridized carbons (Fsp3) is 0.500. The zero-order valence-corrected chi connectivity index (χ0v) is 16.5. The van der Waals surface area contributed by atoms with Crippen molar-refractivity contribution in [2.45, 2.75) is 12.2 Å². The summed E-state index contributed by atoms with van der Waals surface area (Å²) in [4.78, 5) is 10.5. The van der Waals surface area contributed by atoms with Crippen LogP contribution in [0, 0.1) is 0 Å². The molecule has 0 bridgehead atoms. The van der Waals surface area contributed by atoms with Gasteiger partial charge in [0.2, 0.25) is 9.15 Å². The minimum Gasteiger partial charge on any atom is -0.865 e. The molecular formula is C6H8Na2O11S2. The van der Waals surface area contributed by atoms with Gasteiger partial charge in [0.05, 0.1) is 6.61 Å². The third kappa shape index (κ3) is 8.83. The molecule has 1 unspecified atom stereocenters. The van der Waals surface area contributed by atoms with E-state index >= 15 is 0 Å². The topological polar surface area (TPSA) is 205 Å². The first-order chi connectivity index (χ1) is 8.52. The van der Waals surface area contributed by atoms with Crippen LogP contribution in [-0.2, 0) is 28.8 Å². The first-order valence-electron chi connectivity index (χ1n) is 4.19. The number of hydrogen-bond donors (Lipinski definition) is 4. The summed E-state index contributed by atoms with van der Waals surface area (Å²) in [5.74, 6) is -3.25. The van der Waals surface area contributed by atoms with Crippen molar-refractivity contribution < 1.29 is 111 Å². The van der Waals surface area contributed by atoms with Crippen molar-refractivity contribution in [1.82, 2.24) is 0 Å². The van der Waals surface area contributed by atoms with E-state index in [4.69, 9.17) is 19.9 Å². The zero-order valence-electron chi connectivity index (χ0n) is 10.8. The minimum absolute atomic E-state index is 0. The number of aliphatic hydroxyl groups excluding tert-OH is 3. The van der Waals surface area contributed by atoms with Gasteiger partial charge in [-0.3, -0.25) is 4.55 Å². The summed E-state index contributed by atoms with van der Waals surface area (Å²) in [6.07, 6.45) is -2.88. The quantitative estimate of drug-likeness (QED) is 0.121. The van der Waals surface area contributed by atoms with E-state index in [9.17, 15) is 27.1 Å². The summed E-state index contributed by atoms with van der Waals surface area (Å²) in [5, 5.41) is 36.8. The van der Waals surface area contributed by atoms with Crippen molar-refractivity contribution in [1.29, 1.82) is 0 Å². The molecule has 21 heavy (non-hydrogen) atoms. The number of esters is 1. The summed E-state index contributed by atoms with van der Waals surface area (Å²) in [6, 6.07) is 0. The van der Waals surface area contributed by atoms with Crippen LogP contribution in [0.2, 0.25) is 0 Å². The SMILES string of the molecule is O=C1O[C@H]([C@@H](O)CO)C(O)=C1[O-].O=S(O)S(=O)(=O)[O-].[Na+].[Na+]. The average molecular weight is 366 g/mol. The molecule has 0 aromatic carbocycles. The Morgan fingerprint density at radius 3 is 1.95 bits per heavy atom. The summed E-state index contributed by atoms with van der Waals surface area (Å²) in [7, 11) is -8.23. The molecule has 1 aliphatic rings. The van der Waals surface area contributed by atoms with E-state index in [2.05, 4.69) is 4.74 Å². The van der Waals surface area contributed by atoms with Crippen LogP contribution in [0.25, 0.3) is 0 Å². The summed E-state index contributed by atoms with van der Waals surface area (Å²) < 4.78 is 48.6. The molecule has 4 N–H and O–H groups in total. The maximum atomic E-state index is 10.6. The molecule has 1 rings (SSSR count). The van der Waals surface area contributed by atoms with E-state index in [1.54, 1.807) is 0 Å². The normalized spacial score (nSPS) is 20.2. The van der Waals surface area contributed by atoms with Crippen LogP contribution in [-0.4, -0.2) is 61.8 Å². The molecule has 0 aliphatic carbocycles. The molecular weight excluding hydrogens is 358 g/mol. The van der Waals surface area contributed by atoms with Crippen LogP contribution >= 0.6 is 0 Å². The maximum absolute atomic E-state index is 10.6. The zero-order chi connectivity index (χ0) is 15.4. The van der Waals surface area contributed by atoms with Crippen LogP contribution in [0.5, 0.6) is 0 Å². The Morgan fingerprint density at radius 1 is 1.38 bits per heavy atom. The van der Waals surface area contributed by atoms with Gasteiger partial charge in [0.1, 0.15) is 11.9 Å². The second-order valence-electron chi connectivity index (χ2n) is 2.92. The van der Waals surface area contributed by atoms with E-state index in [1.165, 1.54) is 0 Å². The van der Waals surface area contributed by atoms with Gasteiger partial charge in [0, 0.05) is 5.76 Å². The van der Waals surface area contributed by atoms with Crippen molar-refractivity contribution in [3.63, 3.8) is 0 Å². The Kier molecular flexibility index (Phi) is 14.3. The molecule has 11 nitrogen and oxygen atoms in total. The molecule has 3 atom stereocenters. The van der Waals surface area contributed by atoms with Gasteiger partial charge in [-0.25, -0.2) is 17.4 Å². The standard InChI is InChI=1S/C6H8O6.2Na.H2O5S2/c7-1-2(8)5-3(9)4(10)6(11)12-5;;;1-6(2)7(3,4)5/h2,5,7-10H,1H2;;;(H,1,2)(H,3,4,5)/q;2*+1;/p-2/t2-,5+;;;/m0.../s1. The summed E-state index contributed by atoms with van der Waals surface area (Å²) >= 11 is 0. The molecule has 0 saturated carbocycles. The van der Waals surface area contributed by atoms with Gasteiger partial charge in [-0.15, -0.1) is 0 Å². The third-order valence-electron chi connectivity index (χ3n) is 1.63. The smallest absolute Gasteiger partial charge is 0.865 e. The monoisotopic (exact) mass is 366 g/mol. The van der Waals surface area contributed by atoms with E-state index in [-0.39, 0.29) is 59.1 Å². The molecule has 1 heterocycles. The number of carbonyl (C=O) groups excluding carboxylic acids is 1. The fourth-order valence-electron chi connectivity index (χ4n) is 0.815. The van der Waals surface area contributed by atoms with Crippen molar-refractivity contribution in [2.24, 2.45) is 0 Å². The predicted molar refractivity (Wildman–Crippen MR) is 53.1 cm³/mol. The molecule has 0 fully saturated rings. The van der Waals surface area contributed by atoms with Gasteiger partial charge < -0.3 is 29.7 Å². The van der Waals surface area contributed by atoms with Crippen molar-refractivity contribution in [2.75, 3.05) is 6.61 Å². The molecule has 0 aromatic rings. The van der Waals surface area contributed by atoms with E-state index in [1.807, 2.05) is 0 Å². The van der Waals surface area contributed by atoms with Gasteiger partial charge in [0.25, 0.3) is 10.1 Å². The van der Waals surface area contributed by atoms with E-state index in [0.717, 1.165) is 0 Å². The Balaban J connectivity index is -0.000000317. The van der Waals surface area contributed by atoms with Crippen LogP contribution in [0.15, 0.2) is 11.5 Å². The molecule has 0 saturated heterocycles. The number of hydrogen-bond acceptors (Lipinski definition) is 10. The Morgan fingerprint density at radius 2 is 1.76 bits per heavy atom. The number of carbonyl (C=O) groups is 1. The first-order valence-corrected chi connectivity index (χ1v) is 7.22. The molecule has 112 valence electrons. The number of ether oxygens (including phenoxy) is 1. The third-order valence-corrected chi connectivity index (χ3v) is 3.03. The summed E-state index contributed by atoms with van der Waals surface area (Å²) in [5.41, 5.74) is 0. The van der Waals surface area contributed by atoms with Gasteiger partial charge in [-0.05, 0) is 0 Å². The van der Waals surface area contributed by atoms with Crippen LogP contribution in [0.4, 0.5) is 0 Å². The Bertz CT molecular complexity index is 501. The fourth-order valence-corrected chi connectivity index (χ4v) is 0.815. The Labute approximate surface area is 165 Å². The van der Waals surface area contributed by atoms with Crippen LogP contribution < -0.4 is 64.2 Å². The van der Waals surface area contributed by atoms with Crippen molar-refractivity contribution in [3.05, 3.63) is 11.5 Å². The number of cyclic esters (lactones) is 1. The van der Waals surface area contributed by atoms with E-state index < -0.39 is 55.6 Å². The van der Waals surface area contributed by atoms with Gasteiger partial charge in [-0.2, -0.15) is 0 Å². The average Bonchev–Trinajstić information content (AvgIpc) is 2.55. The molecule has 1 aliphatic heterocycles. The molecule has 0 spiro atoms. The molecule has 0 amide bonds. The van der Waals surface area contributed by atoms with Gasteiger partial charge >= 0.3 is 65.1 Å². The molecule has 0 radical (unpaired) electrons. The Hall–Kier alpha value is 0.750. The van der Waals surface area contributed by atoms with Crippen molar-refractivity contribution >= 4 is 25.2 Å². The van der Waals surface area contributed by atoms with Gasteiger partial charge in [-0.1, -0.05) is 0 Å². The summed E-state index contributed by atoms with van der Waals surface area (Å²) in [6.45, 7) is -0.699. The second-order valence-corrected chi connectivity index (χ2v) is 6.25. The van der Waals surface area contributed by atoms with Crippen LogP contribution in [0.3, 0.4) is 0 Å². The maximum Gasteiger partial charge on any atom is 1.00 e. The predicted octanol–water partition coefficient (Wildman–Crippen LogP) is -9.93. The second kappa shape index (κ2) is 11.3. The first kappa shape index (κ1) is 26.6. The van der Waals surface area contributed by atoms with Gasteiger partial charge in [0.15, 0.2) is 6.10 Å². The largest absolute Gasteiger partial charge is 1.00 e. The van der Waals surface area contributed by atoms with Crippen LogP contribution in [0.1, 0.15) is 0 Å². The molecule has 15 heteroatoms. The minimum atomic E-state index is -4.96.